The molecule has 2 N–H and O–H groups in total. The van der Waals surface area contributed by atoms with Crippen LogP contribution in [0.4, 0.5) is 5.82 Å². The van der Waals surface area contributed by atoms with Gasteiger partial charge in [0.05, 0.1) is 16.1 Å². The Balaban J connectivity index is 2.91. The van der Waals surface area contributed by atoms with Gasteiger partial charge in [-0.2, -0.15) is 4.98 Å². The van der Waals surface area contributed by atoms with Crippen LogP contribution >= 0.6 is 0 Å². The molecule has 0 bridgehead atoms. The van der Waals surface area contributed by atoms with E-state index in [0.717, 1.165) is 10.5 Å². The van der Waals surface area contributed by atoms with Gasteiger partial charge in [-0.1, -0.05) is 57.5 Å². The molecule has 24 heavy (non-hydrogen) atoms. The van der Waals surface area contributed by atoms with E-state index in [2.05, 4.69) is 44.3 Å². The van der Waals surface area contributed by atoms with Crippen molar-refractivity contribution in [3.63, 3.8) is 0 Å². The minimum absolute atomic E-state index is 0.286. The summed E-state index contributed by atoms with van der Waals surface area (Å²) in [5.41, 5.74) is 6.03. The molecule has 2 rings (SSSR count). The number of hydrogen-bond acceptors (Lipinski definition) is 4. The van der Waals surface area contributed by atoms with Crippen molar-refractivity contribution in [2.75, 3.05) is 5.73 Å². The van der Waals surface area contributed by atoms with E-state index in [1.807, 2.05) is 6.07 Å². The SMILES string of the molecule is C[Si](C)(C)c1c(N)nc(=O)n(C(=O)c2ccccc2)c1[Si](C)(C)C. The van der Waals surface area contributed by atoms with Crippen LogP contribution in [0.3, 0.4) is 0 Å². The zero-order valence-corrected chi connectivity index (χ0v) is 17.2. The number of carbonyl (C=O) groups is 1. The van der Waals surface area contributed by atoms with Crippen LogP contribution in [-0.4, -0.2) is 31.6 Å². The molecule has 0 aliphatic rings. The van der Waals surface area contributed by atoms with E-state index >= 15 is 0 Å². The number of rotatable bonds is 3. The molecule has 0 amide bonds. The average Bonchev–Trinajstić information content (AvgIpc) is 2.44. The Kier molecular flexibility index (Phi) is 4.69. The summed E-state index contributed by atoms with van der Waals surface area (Å²) in [5.74, 6) is -0.0428. The summed E-state index contributed by atoms with van der Waals surface area (Å²) in [6, 6.07) is 8.85. The Morgan fingerprint density at radius 3 is 2.00 bits per heavy atom. The molecule has 1 aromatic heterocycles. The average molecular weight is 360 g/mol. The molecule has 7 heteroatoms. The number of carbonyl (C=O) groups excluding carboxylic acids is 1. The number of nitrogen functional groups attached to an aromatic ring is 1. The van der Waals surface area contributed by atoms with Crippen LogP contribution in [0.1, 0.15) is 10.4 Å². The fraction of sp³-hybridized carbons (Fsp3) is 0.353. The molecular formula is C17H25N3O2Si2. The van der Waals surface area contributed by atoms with Gasteiger partial charge in [0, 0.05) is 10.9 Å². The van der Waals surface area contributed by atoms with Gasteiger partial charge in [0.25, 0.3) is 5.91 Å². The molecule has 0 spiro atoms. The van der Waals surface area contributed by atoms with E-state index in [4.69, 9.17) is 5.73 Å². The number of anilines is 1. The van der Waals surface area contributed by atoms with Crippen LogP contribution in [-0.2, 0) is 0 Å². The lowest BCUT2D eigenvalue weighted by molar-refractivity contribution is 0.0958. The third kappa shape index (κ3) is 3.41. The van der Waals surface area contributed by atoms with Crippen LogP contribution in [0, 0.1) is 0 Å². The lowest BCUT2D eigenvalue weighted by Crippen LogP contribution is -2.65. The van der Waals surface area contributed by atoms with Crippen molar-refractivity contribution in [2.24, 2.45) is 0 Å². The number of nitrogens with zero attached hydrogens (tertiary/aromatic N) is 2. The molecule has 0 fully saturated rings. The van der Waals surface area contributed by atoms with Crippen LogP contribution in [0.5, 0.6) is 0 Å². The quantitative estimate of drug-likeness (QED) is 0.845. The largest absolute Gasteiger partial charge is 0.384 e. The van der Waals surface area contributed by atoms with Crippen LogP contribution in [0.25, 0.3) is 0 Å². The zero-order chi connectivity index (χ0) is 18.3. The van der Waals surface area contributed by atoms with E-state index in [-0.39, 0.29) is 11.7 Å². The summed E-state index contributed by atoms with van der Waals surface area (Å²) in [4.78, 5) is 29.6. The molecular weight excluding hydrogens is 334 g/mol. The molecule has 0 saturated heterocycles. The first kappa shape index (κ1) is 18.3. The molecule has 0 aliphatic carbocycles. The third-order valence-electron chi connectivity index (χ3n) is 3.81. The Labute approximate surface area is 144 Å². The van der Waals surface area contributed by atoms with Gasteiger partial charge >= 0.3 is 5.69 Å². The normalized spacial score (nSPS) is 12.2. The van der Waals surface area contributed by atoms with Gasteiger partial charge in [-0.3, -0.25) is 4.79 Å². The predicted octanol–water partition coefficient (Wildman–Crippen LogP) is 1.60. The van der Waals surface area contributed by atoms with Crippen LogP contribution in [0.2, 0.25) is 39.3 Å². The third-order valence-corrected chi connectivity index (χ3v) is 7.95. The molecule has 1 aromatic carbocycles. The van der Waals surface area contributed by atoms with E-state index in [1.165, 1.54) is 4.57 Å². The monoisotopic (exact) mass is 359 g/mol. The number of benzene rings is 1. The van der Waals surface area contributed by atoms with E-state index in [9.17, 15) is 9.59 Å². The van der Waals surface area contributed by atoms with Crippen molar-refractivity contribution in [3.8, 4) is 0 Å². The maximum Gasteiger partial charge on any atom is 0.356 e. The van der Waals surface area contributed by atoms with Gasteiger partial charge in [0.2, 0.25) is 0 Å². The summed E-state index contributed by atoms with van der Waals surface area (Å²) in [5, 5.41) is 1.75. The first-order valence-corrected chi connectivity index (χ1v) is 15.0. The Bertz CT molecular complexity index is 832. The maximum atomic E-state index is 13.0. The lowest BCUT2D eigenvalue weighted by atomic mass is 10.2. The number of nitrogens with two attached hydrogens (primary N) is 1. The smallest absolute Gasteiger partial charge is 0.356 e. The molecule has 0 atom stereocenters. The highest BCUT2D eigenvalue weighted by molar-refractivity contribution is 6.99. The van der Waals surface area contributed by atoms with E-state index in [0.29, 0.717) is 5.56 Å². The second-order valence-electron chi connectivity index (χ2n) is 8.01. The van der Waals surface area contributed by atoms with Gasteiger partial charge in [-0.25, -0.2) is 9.36 Å². The number of hydrogen-bond donors (Lipinski definition) is 1. The van der Waals surface area contributed by atoms with Gasteiger partial charge in [-0.15, -0.1) is 0 Å². The van der Waals surface area contributed by atoms with Crippen LogP contribution in [0.15, 0.2) is 35.1 Å². The van der Waals surface area contributed by atoms with Crippen molar-refractivity contribution in [1.29, 1.82) is 0 Å². The van der Waals surface area contributed by atoms with Crippen molar-refractivity contribution < 1.29 is 4.79 Å². The standard InChI is InChI=1S/C17H25N3O2Si2/c1-23(2,3)13-14(18)19-17(22)20(16(13)24(4,5)6)15(21)12-10-8-7-9-11-12/h7-11H,1-6H3,(H2,18,19,22). The topological polar surface area (TPSA) is 78.0 Å². The highest BCUT2D eigenvalue weighted by Crippen LogP contribution is 2.10. The summed E-state index contributed by atoms with van der Waals surface area (Å²) in [6.07, 6.45) is 0. The highest BCUT2D eigenvalue weighted by Gasteiger charge is 2.35. The minimum atomic E-state index is -2.03. The molecule has 128 valence electrons. The Morgan fingerprint density at radius 2 is 1.54 bits per heavy atom. The lowest BCUT2D eigenvalue weighted by Gasteiger charge is -2.30. The second-order valence-corrected chi connectivity index (χ2v) is 18.0. The molecule has 0 aliphatic heterocycles. The van der Waals surface area contributed by atoms with Crippen molar-refractivity contribution in [2.45, 2.75) is 39.3 Å². The molecule has 5 nitrogen and oxygen atoms in total. The van der Waals surface area contributed by atoms with Crippen molar-refractivity contribution in [3.05, 3.63) is 46.4 Å². The van der Waals surface area contributed by atoms with E-state index < -0.39 is 21.8 Å². The first-order valence-electron chi connectivity index (χ1n) is 7.98. The van der Waals surface area contributed by atoms with Crippen molar-refractivity contribution >= 4 is 38.4 Å². The summed E-state index contributed by atoms with van der Waals surface area (Å²) < 4.78 is 1.27. The first-order chi connectivity index (χ1) is 10.9. The van der Waals surface area contributed by atoms with Gasteiger partial charge < -0.3 is 5.73 Å². The maximum absolute atomic E-state index is 13.0. The summed E-state index contributed by atoms with van der Waals surface area (Å²) >= 11 is 0. The van der Waals surface area contributed by atoms with Gasteiger partial charge in [0.15, 0.2) is 0 Å². The summed E-state index contributed by atoms with van der Waals surface area (Å²) in [7, 11) is -3.93. The Hall–Kier alpha value is -2.00. The molecule has 2 aromatic rings. The predicted molar refractivity (Wildman–Crippen MR) is 105 cm³/mol. The van der Waals surface area contributed by atoms with Gasteiger partial charge in [-0.05, 0) is 17.3 Å². The second kappa shape index (κ2) is 6.14. The zero-order valence-electron chi connectivity index (χ0n) is 15.2. The summed E-state index contributed by atoms with van der Waals surface area (Å²) in [6.45, 7) is 12.8. The molecule has 0 saturated carbocycles. The molecule has 0 radical (unpaired) electrons. The minimum Gasteiger partial charge on any atom is -0.384 e. The number of aromatic nitrogens is 2. The molecule has 0 unspecified atom stereocenters. The Morgan fingerprint density at radius 1 is 1.00 bits per heavy atom. The fourth-order valence-electron chi connectivity index (χ4n) is 2.89. The van der Waals surface area contributed by atoms with Gasteiger partial charge in [0.1, 0.15) is 5.82 Å². The van der Waals surface area contributed by atoms with E-state index in [1.54, 1.807) is 24.3 Å². The fourth-order valence-corrected chi connectivity index (χ4v) is 8.53. The molecule has 1 heterocycles. The van der Waals surface area contributed by atoms with Crippen molar-refractivity contribution in [1.82, 2.24) is 9.55 Å². The van der Waals surface area contributed by atoms with Crippen LogP contribution < -0.4 is 21.9 Å². The highest BCUT2D eigenvalue weighted by atomic mass is 28.3.